The Morgan fingerprint density at radius 3 is 2.50 bits per heavy atom. The van der Waals surface area contributed by atoms with Gasteiger partial charge in [0.25, 0.3) is 5.91 Å². The molecule has 0 aliphatic heterocycles. The van der Waals surface area contributed by atoms with E-state index in [4.69, 9.17) is 5.73 Å². The van der Waals surface area contributed by atoms with Crippen LogP contribution in [0, 0.1) is 0 Å². The predicted octanol–water partition coefficient (Wildman–Crippen LogP) is 1.85. The average molecular weight is 445 g/mol. The molecular weight excluding hydrogens is 424 g/mol. The zero-order valence-corrected chi connectivity index (χ0v) is 18.0. The third kappa shape index (κ3) is 3.81. The fourth-order valence-electron chi connectivity index (χ4n) is 3.68. The zero-order chi connectivity index (χ0) is 21.6. The van der Waals surface area contributed by atoms with Crippen LogP contribution in [-0.4, -0.2) is 41.2 Å². The second-order valence-electron chi connectivity index (χ2n) is 7.15. The number of nitrogens with zero attached hydrogens (tertiary/aromatic N) is 2. The van der Waals surface area contributed by atoms with Gasteiger partial charge in [-0.25, -0.2) is 13.1 Å². The summed E-state index contributed by atoms with van der Waals surface area (Å²) in [6, 6.07) is 12.4. The van der Waals surface area contributed by atoms with E-state index in [0.29, 0.717) is 34.8 Å². The van der Waals surface area contributed by atoms with Crippen molar-refractivity contribution >= 4 is 32.8 Å². The number of rotatable bonds is 5. The lowest BCUT2D eigenvalue weighted by atomic mass is 9.88. The van der Waals surface area contributed by atoms with E-state index >= 15 is 0 Å². The van der Waals surface area contributed by atoms with Crippen LogP contribution in [0.5, 0.6) is 0 Å². The summed E-state index contributed by atoms with van der Waals surface area (Å²) < 4.78 is 39.2. The Kier molecular flexibility index (Phi) is 5.08. The maximum Gasteiger partial charge on any atom is 0.269 e. The van der Waals surface area contributed by atoms with Crippen molar-refractivity contribution in [1.29, 1.82) is 0 Å². The maximum atomic E-state index is 12.0. The number of benzene rings is 2. The van der Waals surface area contributed by atoms with Crippen LogP contribution in [-0.2, 0) is 34.0 Å². The summed E-state index contributed by atoms with van der Waals surface area (Å²) >= 11 is -1.12. The third-order valence-corrected chi connectivity index (χ3v) is 6.49. The highest BCUT2D eigenvalue weighted by atomic mass is 32.2. The van der Waals surface area contributed by atoms with Crippen LogP contribution in [0.25, 0.3) is 16.9 Å². The highest BCUT2D eigenvalue weighted by molar-refractivity contribution is 7.92. The van der Waals surface area contributed by atoms with Gasteiger partial charge in [-0.15, -0.1) is 0 Å². The lowest BCUT2D eigenvalue weighted by Gasteiger charge is -2.20. The molecule has 0 spiro atoms. The maximum absolute atomic E-state index is 12.0. The van der Waals surface area contributed by atoms with Crippen LogP contribution in [0.4, 0.5) is 5.69 Å². The molecule has 0 fully saturated rings. The van der Waals surface area contributed by atoms with Crippen LogP contribution in [0.1, 0.15) is 21.6 Å². The summed E-state index contributed by atoms with van der Waals surface area (Å²) in [4.78, 5) is 12.7. The van der Waals surface area contributed by atoms with Gasteiger partial charge in [0.15, 0.2) is 10.6 Å². The number of hydrogen-bond donors (Lipinski definition) is 2. The molecule has 0 bridgehead atoms. The topological polar surface area (TPSA) is 130 Å². The molecule has 0 saturated heterocycles. The van der Waals surface area contributed by atoms with Crippen molar-refractivity contribution in [3.63, 3.8) is 0 Å². The number of anilines is 1. The normalized spacial score (nSPS) is 14.0. The molecule has 1 unspecified atom stereocenters. The number of aryl methyl sites for hydroxylation is 1. The number of fused-ring (bicyclic) bond motifs is 3. The van der Waals surface area contributed by atoms with Crippen molar-refractivity contribution in [3.05, 3.63) is 59.3 Å². The Bertz CT molecular complexity index is 1250. The fraction of sp³-hybridized carbons (Fsp3) is 0.200. The summed E-state index contributed by atoms with van der Waals surface area (Å²) in [7, 11) is -3.44. The fourth-order valence-corrected chi connectivity index (χ4v) is 4.75. The SMILES string of the molecule is C[S+]([O-])c1ccc(-n2nc(C(N)=O)c3c2-c2cc(NS(C)(=O)=O)ccc2CC3)cc1. The van der Waals surface area contributed by atoms with Gasteiger partial charge in [0.2, 0.25) is 10.0 Å². The number of amides is 1. The molecule has 3 N–H and O–H groups in total. The van der Waals surface area contributed by atoms with E-state index in [1.54, 1.807) is 47.3 Å². The Labute approximate surface area is 177 Å². The van der Waals surface area contributed by atoms with Gasteiger partial charge < -0.3 is 10.3 Å². The number of nitrogens with two attached hydrogens (primary N) is 1. The van der Waals surface area contributed by atoms with Gasteiger partial charge in [-0.3, -0.25) is 9.52 Å². The molecule has 1 amide bonds. The molecule has 10 heteroatoms. The van der Waals surface area contributed by atoms with E-state index in [-0.39, 0.29) is 5.69 Å². The first kappa shape index (κ1) is 20.5. The van der Waals surface area contributed by atoms with E-state index < -0.39 is 27.1 Å². The third-order valence-electron chi connectivity index (χ3n) is 4.94. The van der Waals surface area contributed by atoms with Crippen molar-refractivity contribution < 1.29 is 17.8 Å². The molecule has 30 heavy (non-hydrogen) atoms. The van der Waals surface area contributed by atoms with E-state index in [1.807, 2.05) is 6.07 Å². The first-order valence-corrected chi connectivity index (χ1v) is 12.6. The molecule has 1 aliphatic rings. The predicted molar refractivity (Wildman–Crippen MR) is 116 cm³/mol. The van der Waals surface area contributed by atoms with Crippen molar-refractivity contribution in [1.82, 2.24) is 9.78 Å². The number of primary amides is 1. The number of aromatic nitrogens is 2. The number of carbonyl (C=O) groups excluding carboxylic acids is 1. The minimum absolute atomic E-state index is 0.195. The second-order valence-corrected chi connectivity index (χ2v) is 10.3. The van der Waals surface area contributed by atoms with E-state index in [9.17, 15) is 17.8 Å². The van der Waals surface area contributed by atoms with Crippen LogP contribution in [0.2, 0.25) is 0 Å². The van der Waals surface area contributed by atoms with Crippen LogP contribution in [0.15, 0.2) is 47.4 Å². The monoisotopic (exact) mass is 444 g/mol. The number of carbonyl (C=O) groups is 1. The van der Waals surface area contributed by atoms with Crippen LogP contribution < -0.4 is 10.5 Å². The lowest BCUT2D eigenvalue weighted by molar-refractivity contribution is 0.0994. The first-order chi connectivity index (χ1) is 14.1. The summed E-state index contributed by atoms with van der Waals surface area (Å²) in [5.74, 6) is -0.620. The number of nitrogens with one attached hydrogen (secondary N) is 1. The average Bonchev–Trinajstić information content (AvgIpc) is 3.07. The van der Waals surface area contributed by atoms with Crippen molar-refractivity contribution in [2.75, 3.05) is 17.2 Å². The summed E-state index contributed by atoms with van der Waals surface area (Å²) in [6.45, 7) is 0. The van der Waals surface area contributed by atoms with Gasteiger partial charge >= 0.3 is 0 Å². The first-order valence-electron chi connectivity index (χ1n) is 9.10. The van der Waals surface area contributed by atoms with Gasteiger partial charge in [0.05, 0.1) is 17.6 Å². The van der Waals surface area contributed by atoms with Crippen LogP contribution in [0.3, 0.4) is 0 Å². The van der Waals surface area contributed by atoms with Gasteiger partial charge in [0, 0.05) is 16.8 Å². The molecule has 1 aromatic heterocycles. The van der Waals surface area contributed by atoms with E-state index in [1.165, 1.54) is 0 Å². The van der Waals surface area contributed by atoms with Crippen LogP contribution >= 0.6 is 0 Å². The van der Waals surface area contributed by atoms with E-state index in [0.717, 1.165) is 22.9 Å². The highest BCUT2D eigenvalue weighted by Gasteiger charge is 2.28. The Morgan fingerprint density at radius 1 is 1.20 bits per heavy atom. The molecule has 1 atom stereocenters. The molecule has 8 nitrogen and oxygen atoms in total. The van der Waals surface area contributed by atoms with E-state index in [2.05, 4.69) is 9.82 Å². The highest BCUT2D eigenvalue weighted by Crippen LogP contribution is 2.38. The van der Waals surface area contributed by atoms with Crippen molar-refractivity contribution in [3.8, 4) is 16.9 Å². The van der Waals surface area contributed by atoms with Gasteiger partial charge in [-0.1, -0.05) is 6.07 Å². The van der Waals surface area contributed by atoms with Gasteiger partial charge in [0.1, 0.15) is 6.26 Å². The smallest absolute Gasteiger partial charge is 0.269 e. The quantitative estimate of drug-likeness (QED) is 0.580. The summed E-state index contributed by atoms with van der Waals surface area (Å²) in [5, 5.41) is 4.47. The Hall–Kier alpha value is -2.82. The Balaban J connectivity index is 1.92. The zero-order valence-electron chi connectivity index (χ0n) is 16.4. The van der Waals surface area contributed by atoms with Crippen molar-refractivity contribution in [2.24, 2.45) is 5.73 Å². The summed E-state index contributed by atoms with van der Waals surface area (Å²) in [5.41, 5.74) is 10.1. The Morgan fingerprint density at radius 2 is 1.90 bits per heavy atom. The number of hydrogen-bond acceptors (Lipinski definition) is 5. The molecule has 1 heterocycles. The molecule has 0 radical (unpaired) electrons. The van der Waals surface area contributed by atoms with Gasteiger partial charge in [-0.05, 0) is 66.0 Å². The van der Waals surface area contributed by atoms with Gasteiger partial charge in [-0.2, -0.15) is 5.10 Å². The molecule has 0 saturated carbocycles. The minimum atomic E-state index is -3.44. The largest absolute Gasteiger partial charge is 0.612 e. The molecule has 156 valence electrons. The molecule has 2 aromatic carbocycles. The summed E-state index contributed by atoms with van der Waals surface area (Å²) in [6.07, 6.45) is 3.97. The molecular formula is C20H20N4O4S2. The minimum Gasteiger partial charge on any atom is -0.612 e. The van der Waals surface area contributed by atoms with Crippen molar-refractivity contribution in [2.45, 2.75) is 17.7 Å². The molecule has 3 aromatic rings. The second kappa shape index (κ2) is 7.46. The lowest BCUT2D eigenvalue weighted by Crippen LogP contribution is -2.15. The molecule has 4 rings (SSSR count). The molecule has 1 aliphatic carbocycles. The number of sulfonamides is 1. The standard InChI is InChI=1S/C20H20N4O4S2/c1-29(26)15-8-6-14(7-9-15)24-19-16(18(22-24)20(21)25)10-4-12-3-5-13(11-17(12)19)23-30(2,27)28/h3,5-9,11,23H,4,10H2,1-2H3,(H2,21,25).